The van der Waals surface area contributed by atoms with Crippen molar-refractivity contribution in [3.63, 3.8) is 0 Å². The molecular weight excluding hydrogens is 360 g/mol. The lowest BCUT2D eigenvalue weighted by atomic mass is 10.1. The third-order valence-corrected chi connectivity index (χ3v) is 4.44. The van der Waals surface area contributed by atoms with E-state index in [1.54, 1.807) is 18.2 Å². The Hall–Kier alpha value is -3.42. The topological polar surface area (TPSA) is 105 Å². The molecule has 0 aliphatic heterocycles. The van der Waals surface area contributed by atoms with E-state index in [9.17, 15) is 19.7 Å². The first-order valence-corrected chi connectivity index (χ1v) is 9.00. The predicted molar refractivity (Wildman–Crippen MR) is 107 cm³/mol. The summed E-state index contributed by atoms with van der Waals surface area (Å²) < 4.78 is 0. The number of rotatable bonds is 7. The quantitative estimate of drug-likeness (QED) is 0.565. The molecule has 2 N–H and O–H groups in total. The van der Waals surface area contributed by atoms with Gasteiger partial charge in [0.1, 0.15) is 5.69 Å². The fourth-order valence-electron chi connectivity index (χ4n) is 2.73. The van der Waals surface area contributed by atoms with E-state index in [0.717, 1.165) is 18.4 Å². The summed E-state index contributed by atoms with van der Waals surface area (Å²) in [7, 11) is 1.49. The Kier molecular flexibility index (Phi) is 5.58. The van der Waals surface area contributed by atoms with Crippen molar-refractivity contribution in [3.8, 4) is 0 Å². The van der Waals surface area contributed by atoms with Gasteiger partial charge in [0, 0.05) is 30.4 Å². The van der Waals surface area contributed by atoms with E-state index in [1.807, 2.05) is 19.1 Å². The van der Waals surface area contributed by atoms with Crippen LogP contribution in [0.1, 0.15) is 28.8 Å². The average Bonchev–Trinajstić information content (AvgIpc) is 3.47. The number of carbonyl (C=O) groups excluding carboxylic acids is 2. The minimum Gasteiger partial charge on any atom is -0.377 e. The number of carbonyl (C=O) groups is 2. The first-order valence-electron chi connectivity index (χ1n) is 9.00. The molecule has 8 heteroatoms. The van der Waals surface area contributed by atoms with Crippen LogP contribution >= 0.6 is 0 Å². The maximum absolute atomic E-state index is 12.6. The van der Waals surface area contributed by atoms with E-state index in [0.29, 0.717) is 11.4 Å². The van der Waals surface area contributed by atoms with Gasteiger partial charge in [0.2, 0.25) is 5.91 Å². The predicted octanol–water partition coefficient (Wildman–Crippen LogP) is 3.19. The largest absolute Gasteiger partial charge is 0.377 e. The molecule has 0 radical (unpaired) electrons. The van der Waals surface area contributed by atoms with Gasteiger partial charge in [-0.3, -0.25) is 19.7 Å². The van der Waals surface area contributed by atoms with Crippen molar-refractivity contribution in [1.82, 2.24) is 4.90 Å². The van der Waals surface area contributed by atoms with Gasteiger partial charge in [-0.2, -0.15) is 0 Å². The lowest BCUT2D eigenvalue weighted by Gasteiger charge is -2.17. The van der Waals surface area contributed by atoms with Gasteiger partial charge in [0.15, 0.2) is 0 Å². The molecule has 1 aliphatic carbocycles. The molecule has 0 unspecified atom stereocenters. The molecule has 2 aromatic carbocycles. The first-order chi connectivity index (χ1) is 13.3. The average molecular weight is 382 g/mol. The van der Waals surface area contributed by atoms with E-state index >= 15 is 0 Å². The van der Waals surface area contributed by atoms with Gasteiger partial charge in [-0.15, -0.1) is 0 Å². The van der Waals surface area contributed by atoms with Crippen molar-refractivity contribution >= 4 is 28.9 Å². The number of nitro benzene ring substituents is 1. The fourth-order valence-corrected chi connectivity index (χ4v) is 2.73. The van der Waals surface area contributed by atoms with E-state index in [2.05, 4.69) is 10.6 Å². The normalized spacial score (nSPS) is 12.9. The molecular formula is C20H22N4O4. The van der Waals surface area contributed by atoms with Gasteiger partial charge >= 0.3 is 0 Å². The zero-order valence-electron chi connectivity index (χ0n) is 15.8. The number of nitro groups is 1. The van der Waals surface area contributed by atoms with Crippen LogP contribution in [0.15, 0.2) is 42.5 Å². The summed E-state index contributed by atoms with van der Waals surface area (Å²) in [5.41, 5.74) is 2.15. The number of anilines is 2. The molecule has 2 amide bonds. The lowest BCUT2D eigenvalue weighted by Crippen LogP contribution is -2.35. The SMILES string of the molecule is Cc1ccc(NC(=O)CN(C)C(=O)c2ccc(NC3CC3)c([N+](=O)[O-])c2)cc1. The second kappa shape index (κ2) is 8.08. The molecule has 28 heavy (non-hydrogen) atoms. The van der Waals surface area contributed by atoms with Crippen LogP contribution < -0.4 is 10.6 Å². The van der Waals surface area contributed by atoms with Gasteiger partial charge in [0.05, 0.1) is 11.5 Å². The molecule has 0 aromatic heterocycles. The molecule has 0 heterocycles. The standard InChI is InChI=1S/C20H22N4O4/c1-13-3-6-16(7-4-13)22-19(25)12-23(2)20(26)14-5-10-17(21-15-8-9-15)18(11-14)24(27)28/h3-7,10-11,15,21H,8-9,12H2,1-2H3,(H,22,25). The van der Waals surface area contributed by atoms with Crippen molar-refractivity contribution in [2.24, 2.45) is 0 Å². The minimum atomic E-state index is -0.508. The van der Waals surface area contributed by atoms with Crippen LogP contribution in [0.3, 0.4) is 0 Å². The summed E-state index contributed by atoms with van der Waals surface area (Å²) in [4.78, 5) is 36.9. The van der Waals surface area contributed by atoms with E-state index in [-0.39, 0.29) is 29.7 Å². The van der Waals surface area contributed by atoms with E-state index in [1.165, 1.54) is 24.1 Å². The second-order valence-corrected chi connectivity index (χ2v) is 6.98. The van der Waals surface area contributed by atoms with Gasteiger partial charge in [-0.25, -0.2) is 0 Å². The minimum absolute atomic E-state index is 0.143. The van der Waals surface area contributed by atoms with Crippen LogP contribution in [0, 0.1) is 17.0 Å². The first kappa shape index (κ1) is 19.3. The van der Waals surface area contributed by atoms with Crippen molar-refractivity contribution in [2.75, 3.05) is 24.2 Å². The van der Waals surface area contributed by atoms with Crippen LogP contribution in [-0.2, 0) is 4.79 Å². The van der Waals surface area contributed by atoms with Crippen LogP contribution in [0.5, 0.6) is 0 Å². The number of amides is 2. The molecule has 0 saturated heterocycles. The number of benzene rings is 2. The van der Waals surface area contributed by atoms with Crippen molar-refractivity contribution in [1.29, 1.82) is 0 Å². The number of aryl methyl sites for hydroxylation is 1. The third-order valence-electron chi connectivity index (χ3n) is 4.44. The Bertz CT molecular complexity index is 907. The van der Waals surface area contributed by atoms with Gasteiger partial charge in [-0.1, -0.05) is 17.7 Å². The lowest BCUT2D eigenvalue weighted by molar-refractivity contribution is -0.384. The summed E-state index contributed by atoms with van der Waals surface area (Å²) >= 11 is 0. The number of hydrogen-bond donors (Lipinski definition) is 2. The zero-order chi connectivity index (χ0) is 20.3. The third kappa shape index (κ3) is 4.85. The number of hydrogen-bond acceptors (Lipinski definition) is 5. The monoisotopic (exact) mass is 382 g/mol. The van der Waals surface area contributed by atoms with Gasteiger partial charge in [-0.05, 0) is 44.0 Å². The van der Waals surface area contributed by atoms with Crippen molar-refractivity contribution in [2.45, 2.75) is 25.8 Å². The van der Waals surface area contributed by atoms with Crippen molar-refractivity contribution in [3.05, 3.63) is 63.7 Å². The smallest absolute Gasteiger partial charge is 0.293 e. The molecule has 3 rings (SSSR count). The summed E-state index contributed by atoms with van der Waals surface area (Å²) in [6, 6.07) is 11.9. The molecule has 1 saturated carbocycles. The van der Waals surface area contributed by atoms with Crippen LogP contribution in [0.4, 0.5) is 17.1 Å². The summed E-state index contributed by atoms with van der Waals surface area (Å²) in [5, 5.41) is 17.2. The Morgan fingerprint density at radius 2 is 1.86 bits per heavy atom. The zero-order valence-corrected chi connectivity index (χ0v) is 15.8. The number of nitrogens with one attached hydrogen (secondary N) is 2. The molecule has 0 atom stereocenters. The number of likely N-dealkylation sites (N-methyl/N-ethyl adjacent to an activating group) is 1. The second-order valence-electron chi connectivity index (χ2n) is 6.98. The summed E-state index contributed by atoms with van der Waals surface area (Å²) in [6.07, 6.45) is 1.97. The molecule has 8 nitrogen and oxygen atoms in total. The molecule has 146 valence electrons. The highest BCUT2D eigenvalue weighted by molar-refractivity contribution is 6.00. The molecule has 0 bridgehead atoms. The maximum Gasteiger partial charge on any atom is 0.293 e. The van der Waals surface area contributed by atoms with Crippen LogP contribution in [-0.4, -0.2) is 41.3 Å². The van der Waals surface area contributed by atoms with Gasteiger partial charge in [0.25, 0.3) is 11.6 Å². The Morgan fingerprint density at radius 3 is 2.46 bits per heavy atom. The van der Waals surface area contributed by atoms with E-state index in [4.69, 9.17) is 0 Å². The highest BCUT2D eigenvalue weighted by Gasteiger charge is 2.26. The highest BCUT2D eigenvalue weighted by Crippen LogP contribution is 2.31. The molecule has 1 aliphatic rings. The Morgan fingerprint density at radius 1 is 1.18 bits per heavy atom. The highest BCUT2D eigenvalue weighted by atomic mass is 16.6. The van der Waals surface area contributed by atoms with Gasteiger partial charge < -0.3 is 15.5 Å². The van der Waals surface area contributed by atoms with E-state index < -0.39 is 10.8 Å². The molecule has 0 spiro atoms. The number of nitrogens with zero attached hydrogens (tertiary/aromatic N) is 2. The van der Waals surface area contributed by atoms with Crippen LogP contribution in [0.2, 0.25) is 0 Å². The Labute approximate surface area is 162 Å². The molecule has 2 aromatic rings. The summed E-state index contributed by atoms with van der Waals surface area (Å²) in [5.74, 6) is -0.804. The molecule has 1 fully saturated rings. The summed E-state index contributed by atoms with van der Waals surface area (Å²) in [6.45, 7) is 1.78. The van der Waals surface area contributed by atoms with Crippen molar-refractivity contribution < 1.29 is 14.5 Å². The fraction of sp³-hybridized carbons (Fsp3) is 0.300. The Balaban J connectivity index is 1.66. The maximum atomic E-state index is 12.6. The van der Waals surface area contributed by atoms with Crippen LogP contribution in [0.25, 0.3) is 0 Å².